The van der Waals surface area contributed by atoms with Crippen LogP contribution in [0.3, 0.4) is 0 Å². The molecule has 3 rings (SSSR count). The van der Waals surface area contributed by atoms with E-state index in [0.717, 1.165) is 30.6 Å². The number of hydrogen-bond acceptors (Lipinski definition) is 4. The van der Waals surface area contributed by atoms with Crippen LogP contribution in [-0.2, 0) is 11.2 Å². The first-order valence-corrected chi connectivity index (χ1v) is 8.33. The van der Waals surface area contributed by atoms with Gasteiger partial charge in [0, 0.05) is 0 Å². The molecule has 0 bridgehead atoms. The lowest BCUT2D eigenvalue weighted by Crippen LogP contribution is -2.47. The number of hydrogen-bond donors (Lipinski definition) is 4. The lowest BCUT2D eigenvalue weighted by molar-refractivity contribution is -0.118. The zero-order chi connectivity index (χ0) is 18.0. The van der Waals surface area contributed by atoms with Crippen molar-refractivity contribution in [2.45, 2.75) is 32.2 Å². The summed E-state index contributed by atoms with van der Waals surface area (Å²) in [6, 6.07) is 5.28. The molecule has 0 radical (unpaired) electrons. The first-order chi connectivity index (χ1) is 12.0. The number of nitrogens with one attached hydrogen (secondary N) is 3. The number of fused-ring (bicyclic) bond motifs is 1. The lowest BCUT2D eigenvalue weighted by atomic mass is 9.87. The lowest BCUT2D eigenvalue weighted by Gasteiger charge is -2.28. The smallest absolute Gasteiger partial charge is 0.323 e. The third-order valence-corrected chi connectivity index (χ3v) is 4.37. The van der Waals surface area contributed by atoms with E-state index in [1.165, 1.54) is 5.56 Å². The number of rotatable bonds is 4. The van der Waals surface area contributed by atoms with Gasteiger partial charge in [-0.25, -0.2) is 4.79 Å². The monoisotopic (exact) mass is 342 g/mol. The second-order valence-corrected chi connectivity index (χ2v) is 6.06. The normalized spacial score (nSPS) is 19.6. The average molecular weight is 342 g/mol. The minimum absolute atomic E-state index is 0.0341. The topological polar surface area (TPSA) is 105 Å². The minimum atomic E-state index is -0.519. The van der Waals surface area contributed by atoms with Gasteiger partial charge in [-0.2, -0.15) is 0 Å². The Morgan fingerprint density at radius 1 is 1.44 bits per heavy atom. The van der Waals surface area contributed by atoms with E-state index >= 15 is 0 Å². The summed E-state index contributed by atoms with van der Waals surface area (Å²) in [4.78, 5) is 24.1. The maximum atomic E-state index is 12.6. The molecule has 7 heteroatoms. The van der Waals surface area contributed by atoms with Gasteiger partial charge in [0.1, 0.15) is 11.4 Å². The molecule has 0 aromatic heterocycles. The van der Waals surface area contributed by atoms with Gasteiger partial charge in [0.25, 0.3) is 5.91 Å². The molecule has 0 fully saturated rings. The van der Waals surface area contributed by atoms with Gasteiger partial charge in [0.05, 0.1) is 24.0 Å². The van der Waals surface area contributed by atoms with Crippen molar-refractivity contribution in [3.63, 3.8) is 0 Å². The average Bonchev–Trinajstić information content (AvgIpc) is 2.58. The zero-order valence-electron chi connectivity index (χ0n) is 14.1. The molecular formula is C18H22N4O3. The van der Waals surface area contributed by atoms with Crippen molar-refractivity contribution in [2.24, 2.45) is 5.73 Å². The molecule has 3 amide bonds. The molecule has 1 aliphatic carbocycles. The van der Waals surface area contributed by atoms with Crippen molar-refractivity contribution in [2.75, 3.05) is 6.61 Å². The summed E-state index contributed by atoms with van der Waals surface area (Å²) in [5, 5.41) is 7.84. The van der Waals surface area contributed by atoms with Crippen LogP contribution in [0, 0.1) is 0 Å². The molecule has 132 valence electrons. The third-order valence-electron chi connectivity index (χ3n) is 4.37. The van der Waals surface area contributed by atoms with Crippen molar-refractivity contribution >= 4 is 11.9 Å². The van der Waals surface area contributed by atoms with Crippen molar-refractivity contribution in [3.05, 3.63) is 53.0 Å². The van der Waals surface area contributed by atoms with Gasteiger partial charge in [-0.3, -0.25) is 4.79 Å². The summed E-state index contributed by atoms with van der Waals surface area (Å²) in [6.45, 7) is 6.20. The van der Waals surface area contributed by atoms with Crippen LogP contribution in [0.15, 0.2) is 41.9 Å². The standard InChI is InChI=1S/C18H22N4O3/c1-3-25-12-7-8-13-11(9-12)5-4-6-14(13)21-17(23)16-15(19)10(2)20-18(24)22-16/h7-9,14H,2-6,19H2,1H3,(H,21,23)(H2,20,22,24)/t14-/m1/s1. The molecule has 7 nitrogen and oxygen atoms in total. The Balaban J connectivity index is 1.80. The van der Waals surface area contributed by atoms with Crippen LogP contribution in [-0.4, -0.2) is 18.5 Å². The van der Waals surface area contributed by atoms with Crippen LogP contribution in [0.5, 0.6) is 5.75 Å². The second kappa shape index (κ2) is 6.88. The highest BCUT2D eigenvalue weighted by Gasteiger charge is 2.28. The van der Waals surface area contributed by atoms with Gasteiger partial charge in [-0.15, -0.1) is 0 Å². The van der Waals surface area contributed by atoms with E-state index in [4.69, 9.17) is 10.5 Å². The Morgan fingerprint density at radius 3 is 3.00 bits per heavy atom. The van der Waals surface area contributed by atoms with E-state index in [0.29, 0.717) is 6.61 Å². The van der Waals surface area contributed by atoms with E-state index < -0.39 is 11.9 Å². The largest absolute Gasteiger partial charge is 0.494 e. The third kappa shape index (κ3) is 3.45. The van der Waals surface area contributed by atoms with E-state index in [1.807, 2.05) is 25.1 Å². The molecule has 1 aliphatic heterocycles. The summed E-state index contributed by atoms with van der Waals surface area (Å²) in [5.41, 5.74) is 8.50. The first-order valence-electron chi connectivity index (χ1n) is 8.33. The summed E-state index contributed by atoms with van der Waals surface area (Å²) in [6.07, 6.45) is 2.74. The van der Waals surface area contributed by atoms with Gasteiger partial charge in [0.15, 0.2) is 0 Å². The maximum Gasteiger partial charge on any atom is 0.323 e. The maximum absolute atomic E-state index is 12.6. The van der Waals surface area contributed by atoms with Crippen molar-refractivity contribution < 1.29 is 14.3 Å². The highest BCUT2D eigenvalue weighted by Crippen LogP contribution is 2.32. The van der Waals surface area contributed by atoms with Crippen LogP contribution in [0.1, 0.15) is 36.9 Å². The molecule has 5 N–H and O–H groups in total. The number of ether oxygens (including phenoxy) is 1. The number of benzene rings is 1. The van der Waals surface area contributed by atoms with Gasteiger partial charge in [-0.05, 0) is 49.4 Å². The summed E-state index contributed by atoms with van der Waals surface area (Å²) in [7, 11) is 0. The number of carbonyl (C=O) groups is 2. The highest BCUT2D eigenvalue weighted by atomic mass is 16.5. The fourth-order valence-electron chi connectivity index (χ4n) is 3.17. The predicted octanol–water partition coefficient (Wildman–Crippen LogP) is 1.58. The van der Waals surface area contributed by atoms with Crippen molar-refractivity contribution in [1.29, 1.82) is 0 Å². The summed E-state index contributed by atoms with van der Waals surface area (Å²) >= 11 is 0. The second-order valence-electron chi connectivity index (χ2n) is 6.06. The fraction of sp³-hybridized carbons (Fsp3) is 0.333. The van der Waals surface area contributed by atoms with Crippen molar-refractivity contribution in [3.8, 4) is 5.75 Å². The van der Waals surface area contributed by atoms with Gasteiger partial charge >= 0.3 is 6.03 Å². The Morgan fingerprint density at radius 2 is 2.24 bits per heavy atom. The number of nitrogens with two attached hydrogens (primary N) is 1. The Hall–Kier alpha value is -2.96. The molecule has 25 heavy (non-hydrogen) atoms. The van der Waals surface area contributed by atoms with Crippen LogP contribution in [0.25, 0.3) is 0 Å². The van der Waals surface area contributed by atoms with Gasteiger partial charge in [0.2, 0.25) is 0 Å². The summed E-state index contributed by atoms with van der Waals surface area (Å²) in [5.74, 6) is 0.419. The molecule has 0 saturated carbocycles. The number of aryl methyl sites for hydroxylation is 1. The molecule has 1 atom stereocenters. The van der Waals surface area contributed by atoms with Crippen LogP contribution < -0.4 is 26.4 Å². The molecule has 2 aliphatic rings. The minimum Gasteiger partial charge on any atom is -0.494 e. The van der Waals surface area contributed by atoms with Crippen LogP contribution in [0.2, 0.25) is 0 Å². The quantitative estimate of drug-likeness (QED) is 0.666. The molecule has 0 saturated heterocycles. The van der Waals surface area contributed by atoms with Crippen molar-refractivity contribution in [1.82, 2.24) is 16.0 Å². The number of carbonyl (C=O) groups excluding carboxylic acids is 2. The summed E-state index contributed by atoms with van der Waals surface area (Å²) < 4.78 is 5.55. The Bertz CT molecular complexity index is 770. The molecule has 0 unspecified atom stereocenters. The molecule has 1 heterocycles. The van der Waals surface area contributed by atoms with Crippen LogP contribution >= 0.6 is 0 Å². The Labute approximate surface area is 146 Å². The molecular weight excluding hydrogens is 320 g/mol. The van der Waals surface area contributed by atoms with Gasteiger partial charge < -0.3 is 26.4 Å². The van der Waals surface area contributed by atoms with E-state index in [1.54, 1.807) is 0 Å². The highest BCUT2D eigenvalue weighted by molar-refractivity contribution is 6.00. The zero-order valence-corrected chi connectivity index (χ0v) is 14.1. The van der Waals surface area contributed by atoms with Crippen LogP contribution in [0.4, 0.5) is 4.79 Å². The fourth-order valence-corrected chi connectivity index (χ4v) is 3.17. The van der Waals surface area contributed by atoms with Gasteiger partial charge in [-0.1, -0.05) is 12.6 Å². The number of amides is 3. The van der Waals surface area contributed by atoms with E-state index in [-0.39, 0.29) is 23.1 Å². The predicted molar refractivity (Wildman–Crippen MR) is 93.5 cm³/mol. The first kappa shape index (κ1) is 16.9. The molecule has 1 aromatic rings. The van der Waals surface area contributed by atoms with E-state index in [9.17, 15) is 9.59 Å². The Kier molecular flexibility index (Phi) is 4.65. The molecule has 0 spiro atoms. The molecule has 1 aromatic carbocycles. The SMILES string of the molecule is C=C1NC(=O)NC(C(=O)N[C@@H]2CCCc3cc(OCC)ccc32)=C1N. The number of urea groups is 1. The van der Waals surface area contributed by atoms with E-state index in [2.05, 4.69) is 22.5 Å².